The molecule has 2 heterocycles. The van der Waals surface area contributed by atoms with Crippen LogP contribution in [0.25, 0.3) is 0 Å². The van der Waals surface area contributed by atoms with Gasteiger partial charge in [0.15, 0.2) is 0 Å². The van der Waals surface area contributed by atoms with Gasteiger partial charge in [-0.25, -0.2) is 8.42 Å². The highest BCUT2D eigenvalue weighted by molar-refractivity contribution is 7.89. The Balaban J connectivity index is 2.28. The van der Waals surface area contributed by atoms with E-state index in [2.05, 4.69) is 4.90 Å². The Morgan fingerprint density at radius 3 is 2.68 bits per heavy atom. The number of aliphatic hydroxyl groups is 1. The zero-order valence-corrected chi connectivity index (χ0v) is 12.9. The fourth-order valence-electron chi connectivity index (χ4n) is 2.26. The molecule has 0 bridgehead atoms. The fourth-order valence-corrected chi connectivity index (χ4v) is 5.19. The highest BCUT2D eigenvalue weighted by atomic mass is 32.2. The minimum atomic E-state index is -3.42. The summed E-state index contributed by atoms with van der Waals surface area (Å²) < 4.78 is 26.8. The van der Waals surface area contributed by atoms with Crippen molar-refractivity contribution in [1.82, 2.24) is 9.21 Å². The topological polar surface area (TPSA) is 60.9 Å². The van der Waals surface area contributed by atoms with Gasteiger partial charge in [-0.15, -0.1) is 11.3 Å². The number of aryl methyl sites for hydroxylation is 1. The van der Waals surface area contributed by atoms with Crippen molar-refractivity contribution < 1.29 is 13.5 Å². The first-order valence-electron chi connectivity index (χ1n) is 6.34. The van der Waals surface area contributed by atoms with Crippen LogP contribution < -0.4 is 0 Å². The lowest BCUT2D eigenvalue weighted by Gasteiger charge is -2.20. The molecule has 1 aromatic heterocycles. The number of likely N-dealkylation sites (N-methyl/N-ethyl adjacent to an activating group) is 1. The van der Waals surface area contributed by atoms with Gasteiger partial charge in [-0.2, -0.15) is 4.31 Å². The van der Waals surface area contributed by atoms with Gasteiger partial charge in [0.25, 0.3) is 0 Å². The van der Waals surface area contributed by atoms with E-state index in [0.29, 0.717) is 22.9 Å². The van der Waals surface area contributed by atoms with Gasteiger partial charge in [0.2, 0.25) is 10.0 Å². The van der Waals surface area contributed by atoms with Crippen molar-refractivity contribution in [3.63, 3.8) is 0 Å². The molecule has 2 rings (SSSR count). The molecular formula is C12H20N2O3S2. The molecule has 0 amide bonds. The SMILES string of the molecule is Cc1sc(CO)cc1S(=O)(=O)N1CCCN(C)CC1. The third-order valence-corrected chi connectivity index (χ3v) is 6.56. The van der Waals surface area contributed by atoms with E-state index in [9.17, 15) is 8.42 Å². The van der Waals surface area contributed by atoms with Crippen molar-refractivity contribution >= 4 is 21.4 Å². The Morgan fingerprint density at radius 2 is 2.05 bits per heavy atom. The minimum absolute atomic E-state index is 0.107. The Hall–Kier alpha value is -0.470. The smallest absolute Gasteiger partial charge is 0.244 e. The maximum absolute atomic E-state index is 12.6. The molecule has 1 aliphatic rings. The summed E-state index contributed by atoms with van der Waals surface area (Å²) in [6.45, 7) is 4.47. The summed E-state index contributed by atoms with van der Waals surface area (Å²) in [6, 6.07) is 1.60. The predicted octanol–water partition coefficient (Wildman–Crippen LogP) is 0.875. The molecule has 7 heteroatoms. The van der Waals surface area contributed by atoms with Crippen molar-refractivity contribution in [3.8, 4) is 0 Å². The van der Waals surface area contributed by atoms with Crippen LogP contribution in [-0.4, -0.2) is 56.0 Å². The quantitative estimate of drug-likeness (QED) is 0.900. The number of rotatable bonds is 3. The number of aliphatic hydroxyl groups excluding tert-OH is 1. The van der Waals surface area contributed by atoms with Gasteiger partial charge in [0.1, 0.15) is 0 Å². The first-order chi connectivity index (χ1) is 8.95. The van der Waals surface area contributed by atoms with Gasteiger partial charge in [0.05, 0.1) is 11.5 Å². The second-order valence-electron chi connectivity index (χ2n) is 4.85. The van der Waals surface area contributed by atoms with E-state index < -0.39 is 10.0 Å². The average molecular weight is 304 g/mol. The van der Waals surface area contributed by atoms with Crippen LogP contribution in [0.3, 0.4) is 0 Å². The lowest BCUT2D eigenvalue weighted by Crippen LogP contribution is -2.34. The van der Waals surface area contributed by atoms with Crippen molar-refractivity contribution in [2.45, 2.75) is 24.8 Å². The van der Waals surface area contributed by atoms with Gasteiger partial charge in [-0.1, -0.05) is 0 Å². The van der Waals surface area contributed by atoms with Crippen LogP contribution in [0, 0.1) is 6.92 Å². The van der Waals surface area contributed by atoms with E-state index in [1.54, 1.807) is 17.3 Å². The number of sulfonamides is 1. The molecule has 19 heavy (non-hydrogen) atoms. The number of hydrogen-bond acceptors (Lipinski definition) is 5. The zero-order chi connectivity index (χ0) is 14.0. The van der Waals surface area contributed by atoms with Gasteiger partial charge < -0.3 is 10.0 Å². The zero-order valence-electron chi connectivity index (χ0n) is 11.3. The van der Waals surface area contributed by atoms with Gasteiger partial charge in [-0.3, -0.25) is 0 Å². The highest BCUT2D eigenvalue weighted by Crippen LogP contribution is 2.28. The molecule has 1 N–H and O–H groups in total. The molecule has 0 radical (unpaired) electrons. The summed E-state index contributed by atoms with van der Waals surface area (Å²) in [6.07, 6.45) is 0.853. The molecule has 1 aliphatic heterocycles. The summed E-state index contributed by atoms with van der Waals surface area (Å²) in [5.41, 5.74) is 0. The van der Waals surface area contributed by atoms with Crippen molar-refractivity contribution in [1.29, 1.82) is 0 Å². The van der Waals surface area contributed by atoms with Gasteiger partial charge in [-0.05, 0) is 33.0 Å². The van der Waals surface area contributed by atoms with Crippen LogP contribution in [-0.2, 0) is 16.6 Å². The van der Waals surface area contributed by atoms with Crippen LogP contribution in [0.15, 0.2) is 11.0 Å². The molecule has 1 fully saturated rings. The van der Waals surface area contributed by atoms with Gasteiger partial charge >= 0.3 is 0 Å². The normalized spacial score (nSPS) is 19.5. The van der Waals surface area contributed by atoms with Crippen LogP contribution in [0.1, 0.15) is 16.2 Å². The molecule has 0 atom stereocenters. The molecular weight excluding hydrogens is 284 g/mol. The lowest BCUT2D eigenvalue weighted by atomic mass is 10.4. The maximum Gasteiger partial charge on any atom is 0.244 e. The molecule has 1 saturated heterocycles. The Kier molecular flexibility index (Phi) is 4.62. The van der Waals surface area contributed by atoms with E-state index in [0.717, 1.165) is 24.4 Å². The summed E-state index contributed by atoms with van der Waals surface area (Å²) >= 11 is 1.34. The second kappa shape index (κ2) is 5.88. The molecule has 5 nitrogen and oxygen atoms in total. The standard InChI is InChI=1S/C12H20N2O3S2/c1-10-12(8-11(9-15)18-10)19(16,17)14-5-3-4-13(2)6-7-14/h8,15H,3-7,9H2,1-2H3. The molecule has 0 saturated carbocycles. The predicted molar refractivity (Wildman–Crippen MR) is 75.9 cm³/mol. The maximum atomic E-state index is 12.6. The average Bonchev–Trinajstić information content (AvgIpc) is 2.60. The number of nitrogens with zero attached hydrogens (tertiary/aromatic N) is 2. The van der Waals surface area contributed by atoms with Crippen molar-refractivity contribution in [3.05, 3.63) is 15.8 Å². The number of thiophene rings is 1. The summed E-state index contributed by atoms with van der Waals surface area (Å²) in [5, 5.41) is 9.13. The second-order valence-corrected chi connectivity index (χ2v) is 8.10. The Morgan fingerprint density at radius 1 is 1.32 bits per heavy atom. The first-order valence-corrected chi connectivity index (χ1v) is 8.59. The molecule has 0 spiro atoms. The number of hydrogen-bond donors (Lipinski definition) is 1. The molecule has 0 aromatic carbocycles. The van der Waals surface area contributed by atoms with E-state index in [1.807, 2.05) is 7.05 Å². The minimum Gasteiger partial charge on any atom is -0.391 e. The third kappa shape index (κ3) is 3.17. The first kappa shape index (κ1) is 14.9. The molecule has 1 aromatic rings. The van der Waals surface area contributed by atoms with Crippen LogP contribution in [0.2, 0.25) is 0 Å². The summed E-state index contributed by atoms with van der Waals surface area (Å²) in [7, 11) is -1.41. The monoisotopic (exact) mass is 304 g/mol. The third-order valence-electron chi connectivity index (χ3n) is 3.38. The Labute approximate surface area is 118 Å². The van der Waals surface area contributed by atoms with Crippen LogP contribution >= 0.6 is 11.3 Å². The van der Waals surface area contributed by atoms with E-state index in [4.69, 9.17) is 5.11 Å². The largest absolute Gasteiger partial charge is 0.391 e. The van der Waals surface area contributed by atoms with Crippen LogP contribution in [0.4, 0.5) is 0 Å². The molecule has 108 valence electrons. The van der Waals surface area contributed by atoms with Crippen molar-refractivity contribution in [2.24, 2.45) is 0 Å². The Bertz CT molecular complexity index is 539. The van der Waals surface area contributed by atoms with Gasteiger partial charge in [0, 0.05) is 29.4 Å². The summed E-state index contributed by atoms with van der Waals surface area (Å²) in [5.74, 6) is 0. The van der Waals surface area contributed by atoms with Crippen LogP contribution in [0.5, 0.6) is 0 Å². The summed E-state index contributed by atoms with van der Waals surface area (Å²) in [4.78, 5) is 3.95. The highest BCUT2D eigenvalue weighted by Gasteiger charge is 2.28. The van der Waals surface area contributed by atoms with E-state index in [1.165, 1.54) is 11.3 Å². The fraction of sp³-hybridized carbons (Fsp3) is 0.667. The van der Waals surface area contributed by atoms with E-state index >= 15 is 0 Å². The van der Waals surface area contributed by atoms with E-state index in [-0.39, 0.29) is 6.61 Å². The van der Waals surface area contributed by atoms with Crippen molar-refractivity contribution in [2.75, 3.05) is 33.2 Å². The molecule has 0 unspecified atom stereocenters. The lowest BCUT2D eigenvalue weighted by molar-refractivity contribution is 0.285. The molecule has 0 aliphatic carbocycles.